The van der Waals surface area contributed by atoms with Crippen LogP contribution >= 0.6 is 47.0 Å². The van der Waals surface area contributed by atoms with Crippen molar-refractivity contribution < 1.29 is 0 Å². The third-order valence-electron chi connectivity index (χ3n) is 3.01. The Morgan fingerprint density at radius 1 is 1.09 bits per heavy atom. The van der Waals surface area contributed by atoms with Crippen LogP contribution in [0.2, 0.25) is 15.1 Å². The first-order valence-corrected chi connectivity index (χ1v) is 8.01. The van der Waals surface area contributed by atoms with Crippen LogP contribution in [0, 0.1) is 4.77 Å². The molecule has 0 spiro atoms. The highest BCUT2D eigenvalue weighted by Gasteiger charge is 2.08. The maximum absolute atomic E-state index is 6.14. The van der Waals surface area contributed by atoms with Gasteiger partial charge in [-0.05, 0) is 36.5 Å². The smallest absolute Gasteiger partial charge is 0.216 e. The van der Waals surface area contributed by atoms with E-state index in [0.29, 0.717) is 25.7 Å². The number of hydrogen-bond donors (Lipinski definition) is 1. The summed E-state index contributed by atoms with van der Waals surface area (Å²) in [6.07, 6.45) is 1.60. The molecule has 0 amide bonds. The lowest BCUT2D eigenvalue weighted by Crippen LogP contribution is -1.95. The molecule has 1 aromatic heterocycles. The number of hydrogen-bond acceptors (Lipinski definition) is 3. The molecular formula is C15H9Cl3N4S. The number of halogens is 3. The molecule has 0 unspecified atom stereocenters. The fraction of sp³-hybridized carbons (Fsp3) is 0. The van der Waals surface area contributed by atoms with Crippen LogP contribution in [0.4, 0.5) is 0 Å². The lowest BCUT2D eigenvalue weighted by atomic mass is 10.2. The molecule has 8 heteroatoms. The third kappa shape index (κ3) is 3.64. The summed E-state index contributed by atoms with van der Waals surface area (Å²) in [4.78, 5) is 0. The van der Waals surface area contributed by atoms with Gasteiger partial charge in [-0.3, -0.25) is 0 Å². The van der Waals surface area contributed by atoms with Crippen molar-refractivity contribution >= 4 is 53.2 Å². The molecule has 116 valence electrons. The molecule has 0 aliphatic heterocycles. The second kappa shape index (κ2) is 6.84. The molecule has 0 bridgehead atoms. The Morgan fingerprint density at radius 3 is 2.61 bits per heavy atom. The van der Waals surface area contributed by atoms with Gasteiger partial charge in [0.05, 0.1) is 11.2 Å². The topological polar surface area (TPSA) is 46.0 Å². The number of benzene rings is 2. The molecule has 0 aliphatic rings. The second-order valence-corrected chi connectivity index (χ2v) is 6.25. The molecule has 0 fully saturated rings. The lowest BCUT2D eigenvalue weighted by Gasteiger charge is -2.02. The van der Waals surface area contributed by atoms with Gasteiger partial charge >= 0.3 is 0 Å². The molecule has 0 saturated heterocycles. The zero-order valence-electron chi connectivity index (χ0n) is 11.5. The fourth-order valence-corrected chi connectivity index (χ4v) is 2.77. The fourth-order valence-electron chi connectivity index (χ4n) is 1.94. The molecule has 3 aromatic rings. The Kier molecular flexibility index (Phi) is 4.82. The predicted molar refractivity (Wildman–Crippen MR) is 97.3 cm³/mol. The van der Waals surface area contributed by atoms with Crippen LogP contribution in [-0.2, 0) is 0 Å². The summed E-state index contributed by atoms with van der Waals surface area (Å²) >= 11 is 23.3. The zero-order chi connectivity index (χ0) is 16.4. The summed E-state index contributed by atoms with van der Waals surface area (Å²) in [5.41, 5.74) is 1.51. The highest BCUT2D eigenvalue weighted by molar-refractivity contribution is 7.71. The molecule has 0 atom stereocenters. The second-order valence-electron chi connectivity index (χ2n) is 4.58. The van der Waals surface area contributed by atoms with Gasteiger partial charge in [-0.1, -0.05) is 53.0 Å². The van der Waals surface area contributed by atoms with E-state index in [0.717, 1.165) is 11.1 Å². The first-order chi connectivity index (χ1) is 11.0. The minimum atomic E-state index is 0.362. The first kappa shape index (κ1) is 16.2. The lowest BCUT2D eigenvalue weighted by molar-refractivity contribution is 0.871. The van der Waals surface area contributed by atoms with Gasteiger partial charge in [-0.2, -0.15) is 14.9 Å². The first-order valence-electron chi connectivity index (χ1n) is 6.47. The van der Waals surface area contributed by atoms with Crippen molar-refractivity contribution in [3.05, 3.63) is 67.9 Å². The number of rotatable bonds is 3. The van der Waals surface area contributed by atoms with E-state index < -0.39 is 0 Å². The molecule has 1 heterocycles. The highest BCUT2D eigenvalue weighted by atomic mass is 35.5. The van der Waals surface area contributed by atoms with Gasteiger partial charge < -0.3 is 0 Å². The standard InChI is InChI=1S/C15H9Cl3N4S/c16-11-3-1-2-9(6-11)14-20-21-15(23)22(14)19-8-10-4-5-12(17)7-13(10)18/h1-8H,(H,21,23)/b19-8+. The molecule has 0 radical (unpaired) electrons. The average molecular weight is 384 g/mol. The molecule has 23 heavy (non-hydrogen) atoms. The van der Waals surface area contributed by atoms with E-state index >= 15 is 0 Å². The number of H-pyrrole nitrogens is 1. The predicted octanol–water partition coefficient (Wildman–Crippen LogP) is 5.45. The number of nitrogens with one attached hydrogen (secondary N) is 1. The van der Waals surface area contributed by atoms with Gasteiger partial charge in [0.25, 0.3) is 0 Å². The Balaban J connectivity index is 2.02. The van der Waals surface area contributed by atoms with Crippen LogP contribution in [0.25, 0.3) is 11.4 Å². The van der Waals surface area contributed by atoms with Crippen molar-refractivity contribution in [3.63, 3.8) is 0 Å². The van der Waals surface area contributed by atoms with E-state index in [4.69, 9.17) is 47.0 Å². The van der Waals surface area contributed by atoms with Gasteiger partial charge in [-0.25, -0.2) is 5.10 Å². The van der Waals surface area contributed by atoms with Crippen LogP contribution in [0.1, 0.15) is 5.56 Å². The Morgan fingerprint density at radius 2 is 1.87 bits per heavy atom. The molecule has 4 nitrogen and oxygen atoms in total. The van der Waals surface area contributed by atoms with Crippen LogP contribution in [0.3, 0.4) is 0 Å². The van der Waals surface area contributed by atoms with Crippen LogP contribution < -0.4 is 0 Å². The summed E-state index contributed by atoms with van der Waals surface area (Å²) in [6.45, 7) is 0. The summed E-state index contributed by atoms with van der Waals surface area (Å²) in [6, 6.07) is 12.4. The van der Waals surface area contributed by atoms with Gasteiger partial charge in [-0.15, -0.1) is 0 Å². The van der Waals surface area contributed by atoms with Crippen molar-refractivity contribution in [1.29, 1.82) is 0 Å². The van der Waals surface area contributed by atoms with E-state index in [1.165, 1.54) is 4.68 Å². The third-order valence-corrected chi connectivity index (χ3v) is 4.07. The Labute approximate surface area is 152 Å². The number of aromatic amines is 1. The minimum Gasteiger partial charge on any atom is -0.250 e. The van der Waals surface area contributed by atoms with Crippen LogP contribution in [-0.4, -0.2) is 21.1 Å². The highest BCUT2D eigenvalue weighted by Crippen LogP contribution is 2.22. The van der Waals surface area contributed by atoms with Gasteiger partial charge in [0, 0.05) is 21.2 Å². The molecule has 1 N–H and O–H groups in total. The molecule has 3 rings (SSSR count). The van der Waals surface area contributed by atoms with Crippen LogP contribution in [0.15, 0.2) is 47.6 Å². The van der Waals surface area contributed by atoms with Crippen molar-refractivity contribution in [3.8, 4) is 11.4 Å². The van der Waals surface area contributed by atoms with E-state index in [1.54, 1.807) is 36.5 Å². The van der Waals surface area contributed by atoms with Gasteiger partial charge in [0.2, 0.25) is 4.77 Å². The largest absolute Gasteiger partial charge is 0.250 e. The van der Waals surface area contributed by atoms with Gasteiger partial charge in [0.1, 0.15) is 0 Å². The summed E-state index contributed by atoms with van der Waals surface area (Å²) in [5, 5.41) is 12.9. The minimum absolute atomic E-state index is 0.362. The zero-order valence-corrected chi connectivity index (χ0v) is 14.6. The SMILES string of the molecule is S=c1[nH]nc(-c2cccc(Cl)c2)n1/N=C/c1ccc(Cl)cc1Cl. The maximum atomic E-state index is 6.14. The van der Waals surface area contributed by atoms with E-state index in [-0.39, 0.29) is 0 Å². The molecule has 2 aromatic carbocycles. The van der Waals surface area contributed by atoms with Crippen molar-refractivity contribution in [1.82, 2.24) is 14.9 Å². The van der Waals surface area contributed by atoms with E-state index in [9.17, 15) is 0 Å². The quantitative estimate of drug-likeness (QED) is 0.483. The van der Waals surface area contributed by atoms with Crippen molar-refractivity contribution in [2.45, 2.75) is 0 Å². The molecular weight excluding hydrogens is 375 g/mol. The van der Waals surface area contributed by atoms with E-state index in [2.05, 4.69) is 15.3 Å². The Hall–Kier alpha value is -1.66. The Bertz CT molecular complexity index is 946. The van der Waals surface area contributed by atoms with Crippen LogP contribution in [0.5, 0.6) is 0 Å². The molecule has 0 saturated carbocycles. The van der Waals surface area contributed by atoms with E-state index in [1.807, 2.05) is 12.1 Å². The molecule has 0 aliphatic carbocycles. The normalized spacial score (nSPS) is 11.3. The van der Waals surface area contributed by atoms with Crippen molar-refractivity contribution in [2.24, 2.45) is 5.10 Å². The number of nitrogens with zero attached hydrogens (tertiary/aromatic N) is 3. The van der Waals surface area contributed by atoms with Gasteiger partial charge in [0.15, 0.2) is 5.82 Å². The summed E-state index contributed by atoms with van der Waals surface area (Å²) in [5.74, 6) is 0.554. The summed E-state index contributed by atoms with van der Waals surface area (Å²) < 4.78 is 1.87. The number of aromatic nitrogens is 3. The average Bonchev–Trinajstić information content (AvgIpc) is 2.87. The monoisotopic (exact) mass is 382 g/mol. The maximum Gasteiger partial charge on any atom is 0.216 e. The summed E-state index contributed by atoms with van der Waals surface area (Å²) in [7, 11) is 0. The van der Waals surface area contributed by atoms with Crippen molar-refractivity contribution in [2.75, 3.05) is 0 Å².